The van der Waals surface area contributed by atoms with Gasteiger partial charge < -0.3 is 4.74 Å². The fourth-order valence-electron chi connectivity index (χ4n) is 0.912. The molecule has 1 heterocycles. The minimum atomic E-state index is -0.529. The fourth-order valence-corrected chi connectivity index (χ4v) is 0.912. The summed E-state index contributed by atoms with van der Waals surface area (Å²) in [6.07, 6.45) is 0.888. The van der Waals surface area contributed by atoms with Crippen molar-refractivity contribution in [1.82, 2.24) is 9.97 Å². The summed E-state index contributed by atoms with van der Waals surface area (Å²) < 4.78 is 4.44. The summed E-state index contributed by atoms with van der Waals surface area (Å²) in [7, 11) is 1.31. The molecule has 5 nitrogen and oxygen atoms in total. The predicted molar refractivity (Wildman–Crippen MR) is 52.1 cm³/mol. The zero-order valence-corrected chi connectivity index (χ0v) is 8.44. The van der Waals surface area contributed by atoms with Crippen LogP contribution < -0.4 is 5.32 Å². The van der Waals surface area contributed by atoms with Gasteiger partial charge in [0.1, 0.15) is 12.1 Å². The van der Waals surface area contributed by atoms with Crippen LogP contribution in [0.2, 0.25) is 0 Å². The smallest absolute Gasteiger partial charge is 0.412 e. The highest BCUT2D eigenvalue weighted by Gasteiger charge is 2.05. The Labute approximate surface area is 82.5 Å². The fraction of sp³-hybridized carbons (Fsp3) is 0.444. The quantitative estimate of drug-likeness (QED) is 0.781. The van der Waals surface area contributed by atoms with Crippen LogP contribution in [-0.4, -0.2) is 23.2 Å². The topological polar surface area (TPSA) is 64.1 Å². The van der Waals surface area contributed by atoms with E-state index in [0.29, 0.717) is 11.7 Å². The van der Waals surface area contributed by atoms with Crippen molar-refractivity contribution in [3.05, 3.63) is 18.1 Å². The molecule has 1 aromatic rings. The lowest BCUT2D eigenvalue weighted by atomic mass is 10.1. The third-order valence-electron chi connectivity index (χ3n) is 1.70. The molecule has 0 aromatic carbocycles. The van der Waals surface area contributed by atoms with Crippen LogP contribution in [0.15, 0.2) is 12.4 Å². The van der Waals surface area contributed by atoms with Crippen LogP contribution >= 0.6 is 0 Å². The second kappa shape index (κ2) is 4.55. The van der Waals surface area contributed by atoms with Gasteiger partial charge in [0.05, 0.1) is 7.11 Å². The van der Waals surface area contributed by atoms with E-state index in [1.165, 1.54) is 13.4 Å². The number of hydrogen-bond acceptors (Lipinski definition) is 4. The highest BCUT2D eigenvalue weighted by atomic mass is 16.5. The number of methoxy groups -OCH3 is 1. The molecular weight excluding hydrogens is 182 g/mol. The van der Waals surface area contributed by atoms with E-state index >= 15 is 0 Å². The Kier molecular flexibility index (Phi) is 3.39. The van der Waals surface area contributed by atoms with Crippen molar-refractivity contribution in [1.29, 1.82) is 0 Å². The van der Waals surface area contributed by atoms with Crippen LogP contribution in [0.3, 0.4) is 0 Å². The zero-order valence-electron chi connectivity index (χ0n) is 8.44. The molecule has 0 aliphatic carbocycles. The third-order valence-corrected chi connectivity index (χ3v) is 1.70. The molecule has 5 heteroatoms. The monoisotopic (exact) mass is 195 g/mol. The Morgan fingerprint density at radius 1 is 1.50 bits per heavy atom. The number of ether oxygens (including phenoxy) is 1. The second-order valence-corrected chi connectivity index (χ2v) is 3.10. The normalized spacial score (nSPS) is 10.0. The number of aromatic nitrogens is 2. The van der Waals surface area contributed by atoms with E-state index in [0.717, 1.165) is 5.69 Å². The summed E-state index contributed by atoms with van der Waals surface area (Å²) >= 11 is 0. The van der Waals surface area contributed by atoms with Crippen molar-refractivity contribution >= 4 is 11.9 Å². The average molecular weight is 195 g/mol. The van der Waals surface area contributed by atoms with Gasteiger partial charge >= 0.3 is 6.09 Å². The molecule has 1 N–H and O–H groups in total. The van der Waals surface area contributed by atoms with Gasteiger partial charge in [-0.25, -0.2) is 14.8 Å². The number of carbonyl (C=O) groups is 1. The molecule has 0 aliphatic heterocycles. The van der Waals surface area contributed by atoms with Gasteiger partial charge in [-0.05, 0) is 5.92 Å². The molecule has 0 aliphatic rings. The van der Waals surface area contributed by atoms with Crippen molar-refractivity contribution in [2.24, 2.45) is 0 Å². The average Bonchev–Trinajstić information content (AvgIpc) is 2.18. The van der Waals surface area contributed by atoms with Gasteiger partial charge in [-0.15, -0.1) is 0 Å². The maximum absolute atomic E-state index is 10.9. The molecule has 1 amide bonds. The van der Waals surface area contributed by atoms with Gasteiger partial charge in [0, 0.05) is 11.8 Å². The summed E-state index contributed by atoms with van der Waals surface area (Å²) in [5, 5.41) is 2.47. The highest BCUT2D eigenvalue weighted by molar-refractivity contribution is 5.83. The van der Waals surface area contributed by atoms with Crippen molar-refractivity contribution in [3.8, 4) is 0 Å². The predicted octanol–water partition coefficient (Wildman–Crippen LogP) is 1.78. The number of nitrogens with zero attached hydrogens (tertiary/aromatic N) is 2. The van der Waals surface area contributed by atoms with Crippen molar-refractivity contribution in [2.75, 3.05) is 12.4 Å². The highest BCUT2D eigenvalue weighted by Crippen LogP contribution is 2.13. The van der Waals surface area contributed by atoms with Gasteiger partial charge in [0.25, 0.3) is 0 Å². The van der Waals surface area contributed by atoms with Crippen LogP contribution in [0.25, 0.3) is 0 Å². The van der Waals surface area contributed by atoms with Crippen molar-refractivity contribution < 1.29 is 9.53 Å². The van der Waals surface area contributed by atoms with Crippen LogP contribution in [0.1, 0.15) is 25.5 Å². The van der Waals surface area contributed by atoms with Crippen LogP contribution in [-0.2, 0) is 4.74 Å². The van der Waals surface area contributed by atoms with E-state index < -0.39 is 6.09 Å². The first-order valence-corrected chi connectivity index (χ1v) is 4.30. The Bertz CT molecular complexity index is 326. The number of amides is 1. The summed E-state index contributed by atoms with van der Waals surface area (Å²) in [6.45, 7) is 4.04. The first-order chi connectivity index (χ1) is 6.63. The first-order valence-electron chi connectivity index (χ1n) is 4.30. The summed E-state index contributed by atoms with van der Waals surface area (Å²) in [5.41, 5.74) is 0.881. The molecule has 0 unspecified atom stereocenters. The van der Waals surface area contributed by atoms with Crippen LogP contribution in [0.4, 0.5) is 10.6 Å². The van der Waals surface area contributed by atoms with E-state index in [4.69, 9.17) is 0 Å². The molecular formula is C9H13N3O2. The minimum absolute atomic E-state index is 0.302. The Morgan fingerprint density at radius 2 is 2.21 bits per heavy atom. The molecule has 1 aromatic heterocycles. The molecule has 0 atom stereocenters. The lowest BCUT2D eigenvalue weighted by Crippen LogP contribution is -2.12. The van der Waals surface area contributed by atoms with E-state index in [-0.39, 0.29) is 0 Å². The Hall–Kier alpha value is -1.65. The van der Waals surface area contributed by atoms with Gasteiger partial charge in [-0.3, -0.25) is 5.32 Å². The van der Waals surface area contributed by atoms with E-state index in [1.54, 1.807) is 6.07 Å². The number of nitrogens with one attached hydrogen (secondary N) is 1. The first kappa shape index (κ1) is 10.4. The molecule has 0 bridgehead atoms. The van der Waals surface area contributed by atoms with Gasteiger partial charge in [-0.1, -0.05) is 13.8 Å². The van der Waals surface area contributed by atoms with Crippen LogP contribution in [0, 0.1) is 0 Å². The largest absolute Gasteiger partial charge is 0.453 e. The summed E-state index contributed by atoms with van der Waals surface area (Å²) in [6, 6.07) is 1.72. The lowest BCUT2D eigenvalue weighted by molar-refractivity contribution is 0.187. The Morgan fingerprint density at radius 3 is 2.79 bits per heavy atom. The molecule has 0 saturated heterocycles. The summed E-state index contributed by atoms with van der Waals surface area (Å²) in [4.78, 5) is 18.8. The maximum atomic E-state index is 10.9. The maximum Gasteiger partial charge on any atom is 0.412 e. The zero-order chi connectivity index (χ0) is 10.6. The number of hydrogen-bond donors (Lipinski definition) is 1. The number of anilines is 1. The molecule has 0 spiro atoms. The minimum Gasteiger partial charge on any atom is -0.453 e. The third kappa shape index (κ3) is 2.69. The van der Waals surface area contributed by atoms with Gasteiger partial charge in [-0.2, -0.15) is 0 Å². The standard InChI is InChI=1S/C9H13N3O2/c1-6(2)7-4-8(11-5-10-7)12-9(13)14-3/h4-6H,1-3H3,(H,10,11,12,13). The van der Waals surface area contributed by atoms with E-state index in [1.807, 2.05) is 13.8 Å². The number of carbonyl (C=O) groups excluding carboxylic acids is 1. The molecule has 1 rings (SSSR count). The molecule has 0 fully saturated rings. The van der Waals surface area contributed by atoms with E-state index in [9.17, 15) is 4.79 Å². The lowest BCUT2D eigenvalue weighted by Gasteiger charge is -2.06. The molecule has 14 heavy (non-hydrogen) atoms. The van der Waals surface area contributed by atoms with Crippen molar-refractivity contribution in [3.63, 3.8) is 0 Å². The van der Waals surface area contributed by atoms with Gasteiger partial charge in [0.2, 0.25) is 0 Å². The van der Waals surface area contributed by atoms with Crippen molar-refractivity contribution in [2.45, 2.75) is 19.8 Å². The second-order valence-electron chi connectivity index (χ2n) is 3.10. The molecule has 0 radical (unpaired) electrons. The Balaban J connectivity index is 2.78. The van der Waals surface area contributed by atoms with Crippen LogP contribution in [0.5, 0.6) is 0 Å². The number of rotatable bonds is 2. The van der Waals surface area contributed by atoms with Gasteiger partial charge in [0.15, 0.2) is 0 Å². The summed E-state index contributed by atoms with van der Waals surface area (Å²) in [5.74, 6) is 0.756. The molecule has 76 valence electrons. The SMILES string of the molecule is COC(=O)Nc1cc(C(C)C)ncn1. The molecule has 0 saturated carbocycles. The van der Waals surface area contributed by atoms with E-state index in [2.05, 4.69) is 20.0 Å².